The second-order valence-electron chi connectivity index (χ2n) is 7.10. The van der Waals surface area contributed by atoms with Gasteiger partial charge in [-0.1, -0.05) is 0 Å². The smallest absolute Gasteiger partial charge is 0.254 e. The Balaban J connectivity index is 0.00000225. The van der Waals surface area contributed by atoms with Gasteiger partial charge in [-0.2, -0.15) is 0 Å². The largest absolute Gasteiger partial charge is 0.543 e. The maximum Gasteiger partial charge on any atom is 0.254 e. The zero-order valence-corrected chi connectivity index (χ0v) is 17.7. The van der Waals surface area contributed by atoms with Crippen molar-refractivity contribution in [2.75, 3.05) is 11.4 Å². The Labute approximate surface area is 179 Å². The zero-order valence-electron chi connectivity index (χ0n) is 15.3. The Kier molecular flexibility index (Phi) is 5.57. The summed E-state index contributed by atoms with van der Waals surface area (Å²) < 4.78 is 1.88. The Bertz CT molecular complexity index is 909. The van der Waals surface area contributed by atoms with Gasteiger partial charge >= 0.3 is 0 Å². The Morgan fingerprint density at radius 2 is 1.96 bits per heavy atom. The van der Waals surface area contributed by atoms with Crippen LogP contribution in [0, 0.1) is 0 Å². The fourth-order valence-electron chi connectivity index (χ4n) is 3.98. The molecule has 0 aromatic carbocycles. The normalized spacial score (nSPS) is 25.6. The second-order valence-corrected chi connectivity index (χ2v) is 7.10. The third-order valence-corrected chi connectivity index (χ3v) is 5.46. The number of carbonyl (C=O) groups is 3. The summed E-state index contributed by atoms with van der Waals surface area (Å²) in [7, 11) is 1.90. The highest BCUT2D eigenvalue weighted by molar-refractivity contribution is 14.0. The van der Waals surface area contributed by atoms with Crippen molar-refractivity contribution in [3.8, 4) is 0 Å². The molecule has 2 N–H and O–H groups in total. The average Bonchev–Trinajstić information content (AvgIpc) is 3.01. The van der Waals surface area contributed by atoms with Crippen molar-refractivity contribution in [3.63, 3.8) is 0 Å². The fraction of sp³-hybridized carbons (Fsp3) is 0.368. The van der Waals surface area contributed by atoms with Gasteiger partial charge in [0.25, 0.3) is 5.91 Å². The van der Waals surface area contributed by atoms with Crippen LogP contribution in [0.4, 0.5) is 5.69 Å². The summed E-state index contributed by atoms with van der Waals surface area (Å²) in [6, 6.07) is 2.76. The van der Waals surface area contributed by atoms with Gasteiger partial charge in [-0.15, -0.1) is 24.0 Å². The first-order chi connectivity index (χ1) is 12.9. The van der Waals surface area contributed by atoms with E-state index in [9.17, 15) is 19.5 Å². The molecule has 0 spiro atoms. The van der Waals surface area contributed by atoms with E-state index >= 15 is 0 Å². The van der Waals surface area contributed by atoms with E-state index in [2.05, 4.69) is 0 Å². The van der Waals surface area contributed by atoms with E-state index in [1.54, 1.807) is 11.0 Å². The van der Waals surface area contributed by atoms with Crippen molar-refractivity contribution < 1.29 is 24.1 Å². The molecule has 2 amide bonds. The molecule has 9 heteroatoms. The lowest BCUT2D eigenvalue weighted by atomic mass is 9.83. The molecule has 0 bridgehead atoms. The van der Waals surface area contributed by atoms with E-state index < -0.39 is 17.9 Å². The molecule has 0 unspecified atom stereocenters. The fourth-order valence-corrected chi connectivity index (χ4v) is 3.98. The summed E-state index contributed by atoms with van der Waals surface area (Å²) in [5.41, 5.74) is 7.39. The molecule has 8 nitrogen and oxygen atoms in total. The van der Waals surface area contributed by atoms with E-state index in [-0.39, 0.29) is 41.6 Å². The molecular weight excluding hydrogens is 475 g/mol. The zero-order chi connectivity index (χ0) is 19.3. The Hall–Kier alpha value is -2.27. The highest BCUT2D eigenvalue weighted by atomic mass is 127. The molecule has 28 heavy (non-hydrogen) atoms. The lowest BCUT2D eigenvalue weighted by Gasteiger charge is -2.50. The molecule has 2 fully saturated rings. The molecule has 3 aliphatic heterocycles. The minimum absolute atomic E-state index is 0. The molecule has 1 aromatic rings. The van der Waals surface area contributed by atoms with Gasteiger partial charge in [-0.3, -0.25) is 9.59 Å². The molecule has 1 aromatic heterocycles. The number of carbonyl (C=O) groups excluding carboxylic acids is 3. The van der Waals surface area contributed by atoms with E-state index in [0.717, 1.165) is 5.69 Å². The van der Waals surface area contributed by atoms with Gasteiger partial charge in [-0.05, 0) is 30.9 Å². The maximum atomic E-state index is 12.8. The van der Waals surface area contributed by atoms with Gasteiger partial charge in [0.15, 0.2) is 12.4 Å². The van der Waals surface area contributed by atoms with E-state index in [1.165, 1.54) is 4.90 Å². The van der Waals surface area contributed by atoms with Crippen LogP contribution < -0.4 is 20.3 Å². The van der Waals surface area contributed by atoms with Crippen LogP contribution in [0.1, 0.15) is 19.3 Å². The van der Waals surface area contributed by atoms with Crippen LogP contribution in [-0.4, -0.2) is 41.3 Å². The molecular formula is C19H21IN4O4. The summed E-state index contributed by atoms with van der Waals surface area (Å²) in [4.78, 5) is 39.3. The number of fused-ring (bicyclic) bond motifs is 1. The summed E-state index contributed by atoms with van der Waals surface area (Å²) in [6.45, 7) is 0.530. The van der Waals surface area contributed by atoms with Gasteiger partial charge < -0.3 is 25.4 Å². The van der Waals surface area contributed by atoms with Gasteiger partial charge in [0, 0.05) is 24.3 Å². The number of allylic oxidation sites excluding steroid dienone is 2. The number of aryl methyl sites for hydroxylation is 1. The number of nitrogens with two attached hydrogens (primary N) is 1. The van der Waals surface area contributed by atoms with Crippen LogP contribution in [-0.2, 0) is 21.4 Å². The van der Waals surface area contributed by atoms with Crippen molar-refractivity contribution >= 4 is 47.4 Å². The predicted molar refractivity (Wildman–Crippen MR) is 108 cm³/mol. The number of amides is 2. The summed E-state index contributed by atoms with van der Waals surface area (Å²) in [5.74, 6) is -1.97. The molecule has 0 aliphatic carbocycles. The average molecular weight is 496 g/mol. The molecule has 4 heterocycles. The number of hydrogen-bond donors (Lipinski definition) is 1. The van der Waals surface area contributed by atoms with Crippen LogP contribution in [0.5, 0.6) is 0 Å². The molecule has 3 aliphatic rings. The van der Waals surface area contributed by atoms with Crippen LogP contribution in [0.15, 0.2) is 47.4 Å². The SMILES string of the molecule is C[n+]1ccc(N2CCC(=CC3=C(C(=O)[O-])N4C(=O)[C@@H](N)[C@H]4CC3)C2=O)cc1.I. The minimum atomic E-state index is -1.41. The van der Waals surface area contributed by atoms with Crippen LogP contribution in [0.3, 0.4) is 0 Å². The number of rotatable bonds is 3. The monoisotopic (exact) mass is 496 g/mol. The van der Waals surface area contributed by atoms with Crippen molar-refractivity contribution in [1.82, 2.24) is 4.90 Å². The molecule has 2 atom stereocenters. The van der Waals surface area contributed by atoms with Crippen molar-refractivity contribution in [1.29, 1.82) is 0 Å². The lowest BCUT2D eigenvalue weighted by molar-refractivity contribution is -0.671. The number of hydrogen-bond acceptors (Lipinski definition) is 5. The Morgan fingerprint density at radius 3 is 2.61 bits per heavy atom. The van der Waals surface area contributed by atoms with Gasteiger partial charge in [0.05, 0.1) is 23.4 Å². The number of β-lactam (4-membered cyclic amide) rings is 1. The van der Waals surface area contributed by atoms with E-state index in [4.69, 9.17) is 5.73 Å². The van der Waals surface area contributed by atoms with Gasteiger partial charge in [-0.25, -0.2) is 4.57 Å². The first kappa shape index (κ1) is 20.5. The number of carboxylic acids is 1. The number of aromatic nitrogens is 1. The molecule has 148 valence electrons. The maximum absolute atomic E-state index is 12.8. The van der Waals surface area contributed by atoms with Crippen LogP contribution in [0.25, 0.3) is 0 Å². The van der Waals surface area contributed by atoms with E-state index in [1.807, 2.05) is 36.1 Å². The summed E-state index contributed by atoms with van der Waals surface area (Å²) in [6.07, 6.45) is 6.88. The van der Waals surface area contributed by atoms with Crippen LogP contribution in [0.2, 0.25) is 0 Å². The third kappa shape index (κ3) is 3.22. The van der Waals surface area contributed by atoms with Gasteiger partial charge in [0.2, 0.25) is 5.91 Å². The summed E-state index contributed by atoms with van der Waals surface area (Å²) in [5, 5.41) is 11.6. The van der Waals surface area contributed by atoms with Crippen molar-refractivity contribution in [2.24, 2.45) is 12.8 Å². The highest BCUT2D eigenvalue weighted by Crippen LogP contribution is 2.37. The summed E-state index contributed by atoms with van der Waals surface area (Å²) >= 11 is 0. The molecule has 0 radical (unpaired) electrons. The first-order valence-electron chi connectivity index (χ1n) is 8.89. The number of anilines is 1. The van der Waals surface area contributed by atoms with E-state index in [0.29, 0.717) is 37.0 Å². The molecule has 2 saturated heterocycles. The number of carboxylic acid groups (broad SMARTS) is 1. The quantitative estimate of drug-likeness (QED) is 0.253. The van der Waals surface area contributed by atoms with Crippen molar-refractivity contribution in [2.45, 2.75) is 31.3 Å². The Morgan fingerprint density at radius 1 is 1.29 bits per heavy atom. The van der Waals surface area contributed by atoms with Gasteiger partial charge in [0.1, 0.15) is 13.1 Å². The van der Waals surface area contributed by atoms with Crippen molar-refractivity contribution in [3.05, 3.63) is 47.4 Å². The first-order valence-corrected chi connectivity index (χ1v) is 8.89. The van der Waals surface area contributed by atoms with Crippen LogP contribution >= 0.6 is 24.0 Å². The third-order valence-electron chi connectivity index (χ3n) is 5.46. The number of pyridine rings is 1. The number of nitrogens with zero attached hydrogens (tertiary/aromatic N) is 3. The standard InChI is InChI=1S/C19H20N4O4.HI/c1-21-7-5-13(6-8-21)22-9-4-12(17(22)24)10-11-2-3-14-15(20)18(25)23(14)16(11)19(26)27;/h5-8,10,14-15H,2-4,9,20H2,1H3;1H/t14-,15+;/m1./s1. The highest BCUT2D eigenvalue weighted by Gasteiger charge is 2.49. The molecule has 4 rings (SSSR count). The minimum Gasteiger partial charge on any atom is -0.543 e. The predicted octanol–water partition coefficient (Wildman–Crippen LogP) is -0.872. The molecule has 0 saturated carbocycles. The number of halogens is 1. The topological polar surface area (TPSA) is 111 Å². The lowest BCUT2D eigenvalue weighted by Crippen LogP contribution is -2.70. The number of aliphatic carboxylic acids is 1. The second kappa shape index (κ2) is 7.63.